The van der Waals surface area contributed by atoms with Crippen molar-refractivity contribution in [3.8, 4) is 0 Å². The summed E-state index contributed by atoms with van der Waals surface area (Å²) in [6.07, 6.45) is 6.82. The maximum absolute atomic E-state index is 12.1. The van der Waals surface area contributed by atoms with Gasteiger partial charge in [-0.3, -0.25) is 9.78 Å². The van der Waals surface area contributed by atoms with E-state index in [0.717, 1.165) is 30.6 Å². The zero-order valence-corrected chi connectivity index (χ0v) is 16.6. The summed E-state index contributed by atoms with van der Waals surface area (Å²) in [6.45, 7) is 4.10. The number of ether oxygens (including phenoxy) is 1. The maximum atomic E-state index is 12.1. The quantitative estimate of drug-likeness (QED) is 0.649. The van der Waals surface area contributed by atoms with Crippen molar-refractivity contribution in [2.24, 2.45) is 0 Å². The zero-order valence-electron chi connectivity index (χ0n) is 16.6. The lowest BCUT2D eigenvalue weighted by atomic mass is 10.0. The van der Waals surface area contributed by atoms with E-state index in [0.29, 0.717) is 0 Å². The van der Waals surface area contributed by atoms with Gasteiger partial charge in [0.2, 0.25) is 0 Å². The third kappa shape index (κ3) is 3.45. The Morgan fingerprint density at radius 3 is 2.79 bits per heavy atom. The van der Waals surface area contributed by atoms with Gasteiger partial charge < -0.3 is 14.2 Å². The predicted molar refractivity (Wildman–Crippen MR) is 112 cm³/mol. The summed E-state index contributed by atoms with van der Waals surface area (Å²) in [5.74, 6) is -0.246. The summed E-state index contributed by atoms with van der Waals surface area (Å²) in [5, 5.41) is 1.30. The highest BCUT2D eigenvalue weighted by Crippen LogP contribution is 2.33. The molecule has 0 atom stereocenters. The smallest absolute Gasteiger partial charge is 0.310 e. The lowest BCUT2D eigenvalue weighted by Gasteiger charge is -2.23. The van der Waals surface area contributed by atoms with Crippen LogP contribution in [0.2, 0.25) is 0 Å². The van der Waals surface area contributed by atoms with Crippen LogP contribution in [0.1, 0.15) is 28.8 Å². The number of nitrogens with zero attached hydrogens (tertiary/aromatic N) is 3. The lowest BCUT2D eigenvalue weighted by molar-refractivity contribution is -0.139. The molecule has 28 heavy (non-hydrogen) atoms. The molecule has 1 aliphatic rings. The number of aryl methyl sites for hydroxylation is 1. The SMILES string of the molecule is COC(=O)C/C(=C/n1c2c(c3cc(C)ccc31)CN(C)CC2)c1ccncc1. The first-order valence-electron chi connectivity index (χ1n) is 9.55. The second kappa shape index (κ2) is 7.60. The number of carbonyl (C=O) groups is 1. The average Bonchev–Trinajstić information content (AvgIpc) is 3.00. The van der Waals surface area contributed by atoms with Crippen LogP contribution >= 0.6 is 0 Å². The number of fused-ring (bicyclic) bond motifs is 3. The normalized spacial score (nSPS) is 14.9. The number of benzene rings is 1. The van der Waals surface area contributed by atoms with Gasteiger partial charge in [0.25, 0.3) is 0 Å². The molecule has 0 N–H and O–H groups in total. The summed E-state index contributed by atoms with van der Waals surface area (Å²) >= 11 is 0. The number of hydrogen-bond donors (Lipinski definition) is 0. The Bertz CT molecular complexity index is 1050. The van der Waals surface area contributed by atoms with Crippen molar-refractivity contribution >= 4 is 28.6 Å². The van der Waals surface area contributed by atoms with Crippen molar-refractivity contribution < 1.29 is 9.53 Å². The molecule has 3 heterocycles. The zero-order chi connectivity index (χ0) is 19.7. The number of likely N-dealkylation sites (N-methyl/N-ethyl adjacent to an activating group) is 1. The highest BCUT2D eigenvalue weighted by molar-refractivity contribution is 5.94. The van der Waals surface area contributed by atoms with Crippen molar-refractivity contribution in [1.82, 2.24) is 14.5 Å². The van der Waals surface area contributed by atoms with E-state index in [1.165, 1.54) is 34.8 Å². The molecular weight excluding hydrogens is 350 g/mol. The number of aromatic nitrogens is 2. The summed E-state index contributed by atoms with van der Waals surface area (Å²) in [5.41, 5.74) is 7.06. The summed E-state index contributed by atoms with van der Waals surface area (Å²) < 4.78 is 7.21. The standard InChI is InChI=1S/C23H25N3O2/c1-16-4-5-21-19(12-16)20-15-25(2)11-8-22(20)26(21)14-18(13-23(27)28-3)17-6-9-24-10-7-17/h4-7,9-10,12,14H,8,11,13,15H2,1-3H3/b18-14-. The molecule has 0 saturated carbocycles. The van der Waals surface area contributed by atoms with Gasteiger partial charge in [-0.1, -0.05) is 11.6 Å². The molecule has 4 rings (SSSR count). The van der Waals surface area contributed by atoms with Crippen LogP contribution in [-0.4, -0.2) is 41.1 Å². The van der Waals surface area contributed by atoms with Crippen molar-refractivity contribution in [3.05, 3.63) is 65.1 Å². The molecule has 0 radical (unpaired) electrons. The van der Waals surface area contributed by atoms with E-state index in [9.17, 15) is 4.79 Å². The monoisotopic (exact) mass is 375 g/mol. The fraction of sp³-hybridized carbons (Fsp3) is 0.304. The van der Waals surface area contributed by atoms with Crippen LogP contribution in [0.5, 0.6) is 0 Å². The van der Waals surface area contributed by atoms with Gasteiger partial charge in [0.15, 0.2) is 0 Å². The van der Waals surface area contributed by atoms with E-state index in [4.69, 9.17) is 4.74 Å². The van der Waals surface area contributed by atoms with E-state index in [2.05, 4.69) is 52.8 Å². The third-order valence-electron chi connectivity index (χ3n) is 5.43. The fourth-order valence-electron chi connectivity index (χ4n) is 3.96. The van der Waals surface area contributed by atoms with Crippen LogP contribution in [-0.2, 0) is 22.5 Å². The minimum atomic E-state index is -0.246. The van der Waals surface area contributed by atoms with Gasteiger partial charge in [0.05, 0.1) is 19.0 Å². The Balaban J connectivity index is 1.92. The molecule has 0 aliphatic carbocycles. The van der Waals surface area contributed by atoms with E-state index in [1.807, 2.05) is 12.1 Å². The van der Waals surface area contributed by atoms with Crippen LogP contribution in [0.4, 0.5) is 0 Å². The molecule has 0 saturated heterocycles. The van der Waals surface area contributed by atoms with Crippen molar-refractivity contribution in [2.75, 3.05) is 20.7 Å². The Morgan fingerprint density at radius 1 is 1.25 bits per heavy atom. The van der Waals surface area contributed by atoms with Crippen LogP contribution in [0.25, 0.3) is 22.7 Å². The van der Waals surface area contributed by atoms with Crippen LogP contribution in [0.15, 0.2) is 42.7 Å². The number of carbonyl (C=O) groups excluding carboxylic acids is 1. The molecule has 3 aromatic rings. The molecule has 2 aromatic heterocycles. The highest BCUT2D eigenvalue weighted by Gasteiger charge is 2.22. The molecule has 144 valence electrons. The molecule has 0 spiro atoms. The van der Waals surface area contributed by atoms with Gasteiger partial charge in [0.1, 0.15) is 0 Å². The fourth-order valence-corrected chi connectivity index (χ4v) is 3.96. The van der Waals surface area contributed by atoms with Crippen LogP contribution in [0, 0.1) is 6.92 Å². The van der Waals surface area contributed by atoms with Crippen molar-refractivity contribution in [3.63, 3.8) is 0 Å². The van der Waals surface area contributed by atoms with E-state index in [1.54, 1.807) is 12.4 Å². The average molecular weight is 375 g/mol. The van der Waals surface area contributed by atoms with E-state index >= 15 is 0 Å². The molecule has 0 fully saturated rings. The van der Waals surface area contributed by atoms with Gasteiger partial charge in [-0.15, -0.1) is 0 Å². The molecule has 1 aliphatic heterocycles. The number of methoxy groups -OCH3 is 1. The number of hydrogen-bond acceptors (Lipinski definition) is 4. The van der Waals surface area contributed by atoms with Gasteiger partial charge in [-0.2, -0.15) is 0 Å². The van der Waals surface area contributed by atoms with E-state index in [-0.39, 0.29) is 12.4 Å². The van der Waals surface area contributed by atoms with Gasteiger partial charge in [0, 0.05) is 49.2 Å². The minimum absolute atomic E-state index is 0.223. The third-order valence-corrected chi connectivity index (χ3v) is 5.43. The predicted octanol–water partition coefficient (Wildman–Crippen LogP) is 3.89. The minimum Gasteiger partial charge on any atom is -0.469 e. The first-order valence-corrected chi connectivity index (χ1v) is 9.55. The van der Waals surface area contributed by atoms with Gasteiger partial charge in [-0.25, -0.2) is 0 Å². The van der Waals surface area contributed by atoms with Crippen LogP contribution in [0.3, 0.4) is 0 Å². The topological polar surface area (TPSA) is 47.4 Å². The van der Waals surface area contributed by atoms with E-state index < -0.39 is 0 Å². The molecule has 0 unspecified atom stereocenters. The molecule has 5 nitrogen and oxygen atoms in total. The molecular formula is C23H25N3O2. The molecule has 1 aromatic carbocycles. The highest BCUT2D eigenvalue weighted by atomic mass is 16.5. The summed E-state index contributed by atoms with van der Waals surface area (Å²) in [7, 11) is 3.59. The number of pyridine rings is 1. The second-order valence-corrected chi connectivity index (χ2v) is 7.45. The maximum Gasteiger partial charge on any atom is 0.310 e. The molecule has 0 bridgehead atoms. The summed E-state index contributed by atoms with van der Waals surface area (Å²) in [6, 6.07) is 10.5. The van der Waals surface area contributed by atoms with Crippen molar-refractivity contribution in [2.45, 2.75) is 26.3 Å². The first-order chi connectivity index (χ1) is 13.6. The number of esters is 1. The Kier molecular flexibility index (Phi) is 5.01. The van der Waals surface area contributed by atoms with Crippen LogP contribution < -0.4 is 0 Å². The molecule has 5 heteroatoms. The lowest BCUT2D eigenvalue weighted by Crippen LogP contribution is -2.26. The van der Waals surface area contributed by atoms with Gasteiger partial charge in [-0.05, 0) is 54.9 Å². The Labute approximate surface area is 165 Å². The summed E-state index contributed by atoms with van der Waals surface area (Å²) in [4.78, 5) is 18.5. The molecule has 0 amide bonds. The second-order valence-electron chi connectivity index (χ2n) is 7.45. The number of rotatable bonds is 4. The Hall–Kier alpha value is -2.92. The van der Waals surface area contributed by atoms with Crippen molar-refractivity contribution in [1.29, 1.82) is 0 Å². The first kappa shape index (κ1) is 18.4. The van der Waals surface area contributed by atoms with Gasteiger partial charge >= 0.3 is 5.97 Å². The Morgan fingerprint density at radius 2 is 2.04 bits per heavy atom. The largest absolute Gasteiger partial charge is 0.469 e.